The molecule has 2 heterocycles. The van der Waals surface area contributed by atoms with Crippen LogP contribution in [-0.2, 0) is 6.54 Å². The van der Waals surface area contributed by atoms with Crippen molar-refractivity contribution in [2.75, 3.05) is 40.3 Å². The Bertz CT molecular complexity index is 693. The van der Waals surface area contributed by atoms with Crippen LogP contribution in [0.5, 0.6) is 5.75 Å². The van der Waals surface area contributed by atoms with Crippen molar-refractivity contribution in [2.24, 2.45) is 5.92 Å². The molecule has 1 fully saturated rings. The molecule has 2 aromatic rings. The van der Waals surface area contributed by atoms with Crippen LogP contribution in [0, 0.1) is 5.92 Å². The number of likely N-dealkylation sites (N-methyl/N-ethyl adjacent to an activating group) is 1. The Morgan fingerprint density at radius 1 is 1.12 bits per heavy atom. The van der Waals surface area contributed by atoms with Crippen molar-refractivity contribution in [2.45, 2.75) is 32.9 Å². The molecule has 0 bridgehead atoms. The molecule has 0 aliphatic carbocycles. The van der Waals surface area contributed by atoms with E-state index in [0.29, 0.717) is 5.92 Å². The van der Waals surface area contributed by atoms with Crippen LogP contribution in [0.25, 0.3) is 0 Å². The third-order valence-corrected chi connectivity index (χ3v) is 5.06. The van der Waals surface area contributed by atoms with Crippen LogP contribution in [-0.4, -0.2) is 70.3 Å². The maximum absolute atomic E-state index is 5.66. The standard InChI is InChI=1S/C19H30N6O/c1-15(2)9-10-25-19(20-21-22-25)18(24-13-11-23(3)12-14-24)16-7-5-6-8-17(16)26-4/h5-8,15,18H,9-14H2,1-4H3. The Balaban J connectivity index is 1.97. The first-order chi connectivity index (χ1) is 12.6. The molecule has 0 amide bonds. The van der Waals surface area contributed by atoms with Gasteiger partial charge in [0.1, 0.15) is 11.8 Å². The number of benzene rings is 1. The van der Waals surface area contributed by atoms with E-state index in [1.165, 1.54) is 0 Å². The Kier molecular flexibility index (Phi) is 6.21. The highest BCUT2D eigenvalue weighted by Gasteiger charge is 2.31. The summed E-state index contributed by atoms with van der Waals surface area (Å²) in [7, 11) is 3.89. The van der Waals surface area contributed by atoms with Crippen molar-refractivity contribution in [1.29, 1.82) is 0 Å². The van der Waals surface area contributed by atoms with Crippen LogP contribution in [0.1, 0.15) is 37.7 Å². The third kappa shape index (κ3) is 4.22. The zero-order valence-corrected chi connectivity index (χ0v) is 16.3. The average molecular weight is 358 g/mol. The molecule has 1 unspecified atom stereocenters. The Morgan fingerprint density at radius 2 is 1.85 bits per heavy atom. The summed E-state index contributed by atoms with van der Waals surface area (Å²) in [5.74, 6) is 2.40. The monoisotopic (exact) mass is 358 g/mol. The minimum atomic E-state index is 0.00186. The summed E-state index contributed by atoms with van der Waals surface area (Å²) >= 11 is 0. The lowest BCUT2D eigenvalue weighted by Gasteiger charge is -2.37. The number of aryl methyl sites for hydroxylation is 1. The summed E-state index contributed by atoms with van der Waals surface area (Å²) in [5.41, 5.74) is 1.13. The summed E-state index contributed by atoms with van der Waals surface area (Å²) in [6, 6.07) is 8.21. The SMILES string of the molecule is COc1ccccc1C(c1nnnn1CCC(C)C)N1CCN(C)CC1. The normalized spacial score (nSPS) is 17.6. The number of aromatic nitrogens is 4. The summed E-state index contributed by atoms with van der Waals surface area (Å²) < 4.78 is 7.63. The molecule has 0 spiro atoms. The van der Waals surface area contributed by atoms with Gasteiger partial charge in [-0.1, -0.05) is 32.0 Å². The molecule has 142 valence electrons. The van der Waals surface area contributed by atoms with Gasteiger partial charge in [0.15, 0.2) is 5.82 Å². The lowest BCUT2D eigenvalue weighted by molar-refractivity contribution is 0.120. The largest absolute Gasteiger partial charge is 0.496 e. The van der Waals surface area contributed by atoms with E-state index >= 15 is 0 Å². The Hall–Kier alpha value is -1.99. The average Bonchev–Trinajstić information content (AvgIpc) is 3.10. The molecule has 1 aliphatic rings. The first kappa shape index (κ1) is 18.8. The van der Waals surface area contributed by atoms with E-state index in [9.17, 15) is 0 Å². The fourth-order valence-electron chi connectivity index (χ4n) is 3.42. The molecule has 3 rings (SSSR count). The maximum atomic E-state index is 5.66. The van der Waals surface area contributed by atoms with Gasteiger partial charge in [0.25, 0.3) is 0 Å². The first-order valence-electron chi connectivity index (χ1n) is 9.41. The molecule has 0 saturated carbocycles. The number of rotatable bonds is 7. The molecule has 26 heavy (non-hydrogen) atoms. The fraction of sp³-hybridized carbons (Fsp3) is 0.632. The number of hydrogen-bond acceptors (Lipinski definition) is 6. The molecular formula is C19H30N6O. The lowest BCUT2D eigenvalue weighted by atomic mass is 10.0. The number of nitrogens with zero attached hydrogens (tertiary/aromatic N) is 6. The molecule has 7 nitrogen and oxygen atoms in total. The number of hydrogen-bond donors (Lipinski definition) is 0. The van der Waals surface area contributed by atoms with Gasteiger partial charge in [-0.15, -0.1) is 5.10 Å². The Morgan fingerprint density at radius 3 is 2.54 bits per heavy atom. The predicted molar refractivity (Wildman–Crippen MR) is 101 cm³/mol. The van der Waals surface area contributed by atoms with E-state index in [1.54, 1.807) is 7.11 Å². The number of tetrazole rings is 1. The zero-order valence-electron chi connectivity index (χ0n) is 16.3. The number of methoxy groups -OCH3 is 1. The minimum Gasteiger partial charge on any atom is -0.496 e. The molecule has 1 aliphatic heterocycles. The summed E-state index contributed by atoms with van der Waals surface area (Å²) in [6.45, 7) is 9.33. The van der Waals surface area contributed by atoms with Crippen LogP contribution in [0.15, 0.2) is 24.3 Å². The zero-order chi connectivity index (χ0) is 18.5. The van der Waals surface area contributed by atoms with Gasteiger partial charge in [0, 0.05) is 38.3 Å². The van der Waals surface area contributed by atoms with Crippen molar-refractivity contribution < 1.29 is 4.74 Å². The second-order valence-electron chi connectivity index (χ2n) is 7.43. The van der Waals surface area contributed by atoms with Crippen LogP contribution in [0.2, 0.25) is 0 Å². The number of para-hydroxylation sites is 1. The second kappa shape index (κ2) is 8.60. The van der Waals surface area contributed by atoms with Gasteiger partial charge in [-0.3, -0.25) is 4.90 Å². The highest BCUT2D eigenvalue weighted by Crippen LogP contribution is 2.34. The Labute approximate surface area is 155 Å². The van der Waals surface area contributed by atoms with Gasteiger partial charge < -0.3 is 9.64 Å². The predicted octanol–water partition coefficient (Wildman–Crippen LogP) is 2.06. The van der Waals surface area contributed by atoms with Crippen molar-refractivity contribution in [3.05, 3.63) is 35.7 Å². The van der Waals surface area contributed by atoms with Crippen molar-refractivity contribution in [3.8, 4) is 5.75 Å². The quantitative estimate of drug-likeness (QED) is 0.755. The van der Waals surface area contributed by atoms with Gasteiger partial charge in [-0.25, -0.2) is 4.68 Å². The summed E-state index contributed by atoms with van der Waals surface area (Å²) in [4.78, 5) is 4.83. The van der Waals surface area contributed by atoms with Crippen LogP contribution >= 0.6 is 0 Å². The van der Waals surface area contributed by atoms with E-state index in [2.05, 4.69) is 58.4 Å². The fourth-order valence-corrected chi connectivity index (χ4v) is 3.42. The van der Waals surface area contributed by atoms with E-state index < -0.39 is 0 Å². The summed E-state index contributed by atoms with van der Waals surface area (Å²) in [5, 5.41) is 12.7. The van der Waals surface area contributed by atoms with E-state index in [4.69, 9.17) is 4.74 Å². The molecule has 1 atom stereocenters. The molecule has 0 N–H and O–H groups in total. The topological polar surface area (TPSA) is 59.3 Å². The van der Waals surface area contributed by atoms with Gasteiger partial charge in [-0.05, 0) is 35.9 Å². The van der Waals surface area contributed by atoms with Crippen LogP contribution < -0.4 is 4.74 Å². The highest BCUT2D eigenvalue weighted by molar-refractivity contribution is 5.39. The van der Waals surface area contributed by atoms with Gasteiger partial charge >= 0.3 is 0 Å². The van der Waals surface area contributed by atoms with Gasteiger partial charge in [0.2, 0.25) is 0 Å². The summed E-state index contributed by atoms with van der Waals surface area (Å²) in [6.07, 6.45) is 1.05. The maximum Gasteiger partial charge on any atom is 0.173 e. The molecule has 1 aromatic heterocycles. The van der Waals surface area contributed by atoms with Gasteiger partial charge in [0.05, 0.1) is 7.11 Å². The lowest BCUT2D eigenvalue weighted by Crippen LogP contribution is -2.46. The van der Waals surface area contributed by atoms with Crippen molar-refractivity contribution >= 4 is 0 Å². The third-order valence-electron chi connectivity index (χ3n) is 5.06. The van der Waals surface area contributed by atoms with Crippen molar-refractivity contribution in [3.63, 3.8) is 0 Å². The molecule has 1 saturated heterocycles. The van der Waals surface area contributed by atoms with Crippen molar-refractivity contribution in [1.82, 2.24) is 30.0 Å². The molecular weight excluding hydrogens is 328 g/mol. The van der Waals surface area contributed by atoms with E-state index in [1.807, 2.05) is 16.8 Å². The van der Waals surface area contributed by atoms with Crippen LogP contribution in [0.3, 0.4) is 0 Å². The van der Waals surface area contributed by atoms with Gasteiger partial charge in [-0.2, -0.15) is 0 Å². The second-order valence-corrected chi connectivity index (χ2v) is 7.43. The highest BCUT2D eigenvalue weighted by atomic mass is 16.5. The minimum absolute atomic E-state index is 0.00186. The van der Waals surface area contributed by atoms with E-state index in [-0.39, 0.29) is 6.04 Å². The number of piperazine rings is 1. The molecule has 1 aromatic carbocycles. The van der Waals surface area contributed by atoms with E-state index in [0.717, 1.165) is 56.3 Å². The molecule has 0 radical (unpaired) electrons. The molecule has 7 heteroatoms. The number of ether oxygens (including phenoxy) is 1. The smallest absolute Gasteiger partial charge is 0.173 e. The first-order valence-corrected chi connectivity index (χ1v) is 9.41. The van der Waals surface area contributed by atoms with Crippen LogP contribution in [0.4, 0.5) is 0 Å².